The van der Waals surface area contributed by atoms with E-state index in [-0.39, 0.29) is 30.8 Å². The van der Waals surface area contributed by atoms with Crippen LogP contribution in [0.25, 0.3) is 5.57 Å². The van der Waals surface area contributed by atoms with Crippen molar-refractivity contribution in [2.24, 2.45) is 0 Å². The number of nitrogens with one attached hydrogen (secondary N) is 3. The average Bonchev–Trinajstić information content (AvgIpc) is 2.98. The molecule has 228 valence electrons. The molecule has 0 bridgehead atoms. The van der Waals surface area contributed by atoms with E-state index in [1.165, 1.54) is 19.5 Å². The fourth-order valence-corrected chi connectivity index (χ4v) is 5.15. The molecule has 1 atom stereocenters. The molecule has 0 spiro atoms. The highest BCUT2D eigenvalue weighted by molar-refractivity contribution is 6.07. The van der Waals surface area contributed by atoms with Crippen LogP contribution in [0.5, 0.6) is 5.75 Å². The second kappa shape index (κ2) is 12.0. The van der Waals surface area contributed by atoms with Crippen LogP contribution in [-0.4, -0.2) is 66.7 Å². The number of hydrogen-bond acceptors (Lipinski definition) is 8. The number of aromatic amines is 1. The van der Waals surface area contributed by atoms with Gasteiger partial charge < -0.3 is 30.2 Å². The van der Waals surface area contributed by atoms with Crippen LogP contribution in [0.4, 0.5) is 39.3 Å². The van der Waals surface area contributed by atoms with Crippen molar-refractivity contribution in [3.8, 4) is 5.75 Å². The largest absolute Gasteiger partial charge is 0.494 e. The maximum atomic E-state index is 16.3. The lowest BCUT2D eigenvalue weighted by atomic mass is 9.96. The number of anilines is 3. The Kier molecular flexibility index (Phi) is 8.35. The van der Waals surface area contributed by atoms with Crippen molar-refractivity contribution in [1.29, 1.82) is 0 Å². The number of benzene rings is 1. The molecular weight excluding hydrogens is 577 g/mol. The number of nitrogens with zero attached hydrogens (tertiary/aromatic N) is 4. The second-order valence-electron chi connectivity index (χ2n) is 10.2. The van der Waals surface area contributed by atoms with E-state index in [2.05, 4.69) is 25.6 Å². The highest BCUT2D eigenvalue weighted by atomic mass is 19.4. The van der Waals surface area contributed by atoms with Gasteiger partial charge in [-0.15, -0.1) is 0 Å². The maximum absolute atomic E-state index is 16.3. The molecule has 0 radical (unpaired) electrons. The maximum Gasteiger partial charge on any atom is 0.417 e. The van der Waals surface area contributed by atoms with Gasteiger partial charge in [-0.1, -0.05) is 6.08 Å². The standard InChI is InChI=1S/C28H28F5N7O3/c1-15-14-40(8-5-34-15)21-10-20(29)23(16-3-6-39(7-4-16)27-36-11-17(43-2)12-37-27)24(30)25(21)38-26(42)18-13-35-22(41)9-19(18)28(31,32)33/h3,9-13,15,34H,4-8,14H2,1-2H3,(H,35,41)(H,38,42)/t15-/m0/s1. The van der Waals surface area contributed by atoms with Gasteiger partial charge in [0.2, 0.25) is 11.5 Å². The van der Waals surface area contributed by atoms with Gasteiger partial charge in [0.25, 0.3) is 5.91 Å². The molecule has 1 aromatic carbocycles. The zero-order valence-corrected chi connectivity index (χ0v) is 23.2. The summed E-state index contributed by atoms with van der Waals surface area (Å²) in [7, 11) is 1.48. The van der Waals surface area contributed by atoms with Gasteiger partial charge in [0, 0.05) is 57.1 Å². The van der Waals surface area contributed by atoms with Gasteiger partial charge in [0.05, 0.1) is 41.9 Å². The van der Waals surface area contributed by atoms with E-state index in [0.29, 0.717) is 49.6 Å². The van der Waals surface area contributed by atoms with Crippen LogP contribution in [0.1, 0.15) is 34.8 Å². The quantitative estimate of drug-likeness (QED) is 0.364. The fourth-order valence-electron chi connectivity index (χ4n) is 5.15. The minimum atomic E-state index is -5.03. The van der Waals surface area contributed by atoms with Gasteiger partial charge in [0.1, 0.15) is 11.5 Å². The summed E-state index contributed by atoms with van der Waals surface area (Å²) in [5.41, 5.74) is -4.01. The van der Waals surface area contributed by atoms with Gasteiger partial charge in [0.15, 0.2) is 11.6 Å². The number of aromatic nitrogens is 3. The lowest BCUT2D eigenvalue weighted by Gasteiger charge is -2.35. The number of alkyl halides is 3. The Balaban J connectivity index is 1.53. The summed E-state index contributed by atoms with van der Waals surface area (Å²) in [4.78, 5) is 38.8. The van der Waals surface area contributed by atoms with Crippen molar-refractivity contribution in [2.45, 2.75) is 25.6 Å². The normalized spacial score (nSPS) is 17.5. The van der Waals surface area contributed by atoms with Crippen molar-refractivity contribution in [3.63, 3.8) is 0 Å². The molecule has 3 N–H and O–H groups in total. The van der Waals surface area contributed by atoms with Crippen molar-refractivity contribution in [3.05, 3.63) is 75.5 Å². The second-order valence-corrected chi connectivity index (χ2v) is 10.2. The highest BCUT2D eigenvalue weighted by Crippen LogP contribution is 2.39. The van der Waals surface area contributed by atoms with Crippen molar-refractivity contribution < 1.29 is 31.5 Å². The molecular formula is C28H28F5N7O3. The monoisotopic (exact) mass is 605 g/mol. The van der Waals surface area contributed by atoms with E-state index in [1.54, 1.807) is 15.9 Å². The van der Waals surface area contributed by atoms with Crippen LogP contribution in [-0.2, 0) is 6.18 Å². The summed E-state index contributed by atoms with van der Waals surface area (Å²) in [5.74, 6) is -2.44. The third-order valence-corrected chi connectivity index (χ3v) is 7.28. The van der Waals surface area contributed by atoms with Crippen LogP contribution < -0.4 is 30.7 Å². The summed E-state index contributed by atoms with van der Waals surface area (Å²) in [6, 6.07) is 1.28. The first-order valence-electron chi connectivity index (χ1n) is 13.4. The first kappa shape index (κ1) is 29.9. The molecule has 1 amide bonds. The molecule has 2 aromatic heterocycles. The topological polar surface area (TPSA) is 115 Å². The molecule has 5 rings (SSSR count). The van der Waals surface area contributed by atoms with E-state index in [9.17, 15) is 22.8 Å². The fraction of sp³-hybridized carbons (Fsp3) is 0.357. The number of piperazine rings is 1. The Morgan fingerprint density at radius 1 is 1.14 bits per heavy atom. The Morgan fingerprint density at radius 3 is 2.51 bits per heavy atom. The van der Waals surface area contributed by atoms with Gasteiger partial charge in [-0.05, 0) is 18.9 Å². The molecule has 2 aliphatic rings. The number of amides is 1. The molecule has 2 aliphatic heterocycles. The zero-order chi connectivity index (χ0) is 30.9. The van der Waals surface area contributed by atoms with E-state index in [4.69, 9.17) is 4.74 Å². The number of H-pyrrole nitrogens is 1. The van der Waals surface area contributed by atoms with Crippen LogP contribution in [0.3, 0.4) is 0 Å². The van der Waals surface area contributed by atoms with E-state index >= 15 is 8.78 Å². The predicted octanol–water partition coefficient (Wildman–Crippen LogP) is 3.81. The number of ether oxygens (including phenoxy) is 1. The predicted molar refractivity (Wildman–Crippen MR) is 149 cm³/mol. The molecule has 43 heavy (non-hydrogen) atoms. The molecule has 0 aliphatic carbocycles. The SMILES string of the molecule is COc1cnc(N2CC=C(c3c(F)cc(N4CCN[C@@H](C)C4)c(NC(=O)c4c[nH]c(=O)cc4C(F)(F)F)c3F)CC2)nc1. The average molecular weight is 606 g/mol. The van der Waals surface area contributed by atoms with Gasteiger partial charge in [-0.25, -0.2) is 18.7 Å². The third kappa shape index (κ3) is 6.30. The molecule has 3 aromatic rings. The molecule has 0 unspecified atom stereocenters. The molecule has 1 fully saturated rings. The minimum Gasteiger partial charge on any atom is -0.494 e. The molecule has 1 saturated heterocycles. The Bertz CT molecular complexity index is 1610. The summed E-state index contributed by atoms with van der Waals surface area (Å²) in [6.07, 6.45) is 0.390. The van der Waals surface area contributed by atoms with Gasteiger partial charge in [-0.3, -0.25) is 9.59 Å². The van der Waals surface area contributed by atoms with E-state index in [0.717, 1.165) is 6.07 Å². The number of rotatable bonds is 6. The molecule has 10 nitrogen and oxygen atoms in total. The van der Waals surface area contributed by atoms with E-state index < -0.39 is 51.7 Å². The van der Waals surface area contributed by atoms with Crippen molar-refractivity contribution in [2.75, 3.05) is 55.0 Å². The Labute approximate surface area is 242 Å². The molecule has 4 heterocycles. The summed E-state index contributed by atoms with van der Waals surface area (Å²) < 4.78 is 78.1. The van der Waals surface area contributed by atoms with Crippen LogP contribution in [0.2, 0.25) is 0 Å². The lowest BCUT2D eigenvalue weighted by Crippen LogP contribution is -2.49. The van der Waals surface area contributed by atoms with Gasteiger partial charge in [-0.2, -0.15) is 13.2 Å². The van der Waals surface area contributed by atoms with E-state index in [1.807, 2.05) is 6.92 Å². The number of halogens is 5. The zero-order valence-electron chi connectivity index (χ0n) is 23.2. The Morgan fingerprint density at radius 2 is 1.88 bits per heavy atom. The number of carbonyl (C=O) groups excluding carboxylic acids is 1. The number of carbonyl (C=O) groups is 1. The summed E-state index contributed by atoms with van der Waals surface area (Å²) >= 11 is 0. The third-order valence-electron chi connectivity index (χ3n) is 7.28. The van der Waals surface area contributed by atoms with Gasteiger partial charge >= 0.3 is 6.18 Å². The number of hydrogen-bond donors (Lipinski definition) is 3. The van der Waals surface area contributed by atoms with Crippen LogP contribution in [0, 0.1) is 11.6 Å². The number of methoxy groups -OCH3 is 1. The van der Waals surface area contributed by atoms with Crippen molar-refractivity contribution >= 4 is 28.8 Å². The van der Waals surface area contributed by atoms with Crippen LogP contribution >= 0.6 is 0 Å². The highest BCUT2D eigenvalue weighted by Gasteiger charge is 2.37. The summed E-state index contributed by atoms with van der Waals surface area (Å²) in [5, 5.41) is 5.46. The van der Waals surface area contributed by atoms with Crippen LogP contribution in [0.15, 0.2) is 41.6 Å². The smallest absolute Gasteiger partial charge is 0.417 e. The first-order chi connectivity index (χ1) is 20.5. The van der Waals surface area contributed by atoms with Crippen molar-refractivity contribution in [1.82, 2.24) is 20.3 Å². The minimum absolute atomic E-state index is 0.0110. The number of pyridine rings is 1. The molecule has 15 heteroatoms. The molecule has 0 saturated carbocycles. The Hall–Kier alpha value is -4.53. The summed E-state index contributed by atoms with van der Waals surface area (Å²) in [6.45, 7) is 3.55. The first-order valence-corrected chi connectivity index (χ1v) is 13.4. The lowest BCUT2D eigenvalue weighted by molar-refractivity contribution is -0.138.